The van der Waals surface area contributed by atoms with Crippen molar-refractivity contribution in [3.05, 3.63) is 70.3 Å². The van der Waals surface area contributed by atoms with Crippen molar-refractivity contribution in [2.75, 3.05) is 6.61 Å². The topological polar surface area (TPSA) is 93.3 Å². The molecule has 2 aromatic carbocycles. The van der Waals surface area contributed by atoms with E-state index >= 15 is 0 Å². The van der Waals surface area contributed by atoms with Gasteiger partial charge in [-0.3, -0.25) is 9.59 Å². The molecule has 1 fully saturated rings. The molecule has 5 rings (SSSR count). The maximum atomic E-state index is 12.7. The minimum Gasteiger partial charge on any atom is -0.487 e. The van der Waals surface area contributed by atoms with Gasteiger partial charge in [0.25, 0.3) is 5.56 Å². The van der Waals surface area contributed by atoms with Gasteiger partial charge in [-0.25, -0.2) is 4.98 Å². The number of H-pyrrole nitrogens is 1. The smallest absolute Gasteiger partial charge is 0.258 e. The molecule has 3 aromatic rings. The van der Waals surface area contributed by atoms with Gasteiger partial charge in [0.2, 0.25) is 5.91 Å². The van der Waals surface area contributed by atoms with Crippen molar-refractivity contribution >= 4 is 16.8 Å². The molecule has 1 spiro atoms. The zero-order valence-electron chi connectivity index (χ0n) is 17.9. The van der Waals surface area contributed by atoms with Gasteiger partial charge in [-0.2, -0.15) is 0 Å². The Bertz CT molecular complexity index is 1180. The third-order valence-electron chi connectivity index (χ3n) is 6.43. The molecule has 1 aromatic heterocycles. The highest BCUT2D eigenvalue weighted by Crippen LogP contribution is 2.45. The number of fused-ring (bicyclic) bond motifs is 2. The van der Waals surface area contributed by atoms with E-state index in [0.29, 0.717) is 16.7 Å². The normalized spacial score (nSPS) is 19.3. The number of nitrogens with zero attached hydrogens (tertiary/aromatic N) is 1. The Labute approximate surface area is 186 Å². The number of para-hydroxylation sites is 2. The first-order valence-corrected chi connectivity index (χ1v) is 11.2. The lowest BCUT2D eigenvalue weighted by Crippen LogP contribution is -2.47. The van der Waals surface area contributed by atoms with Crippen LogP contribution in [0.2, 0.25) is 0 Å². The fourth-order valence-electron chi connectivity index (χ4n) is 4.93. The van der Waals surface area contributed by atoms with Crippen LogP contribution >= 0.6 is 0 Å². The maximum absolute atomic E-state index is 12.7. The Morgan fingerprint density at radius 2 is 1.91 bits per heavy atom. The second kappa shape index (κ2) is 8.74. The van der Waals surface area contributed by atoms with Crippen LogP contribution in [0.3, 0.4) is 0 Å². The summed E-state index contributed by atoms with van der Waals surface area (Å²) in [6.45, 7) is -0.0507. The minimum absolute atomic E-state index is 0.0573. The van der Waals surface area contributed by atoms with E-state index in [1.165, 1.54) is 6.42 Å². The Morgan fingerprint density at radius 3 is 2.78 bits per heavy atom. The molecule has 7 heteroatoms. The molecule has 0 bridgehead atoms. The molecule has 2 N–H and O–H groups in total. The van der Waals surface area contributed by atoms with E-state index in [-0.39, 0.29) is 36.3 Å². The van der Waals surface area contributed by atoms with E-state index in [4.69, 9.17) is 9.47 Å². The van der Waals surface area contributed by atoms with Crippen LogP contribution < -0.4 is 15.6 Å². The molecule has 1 saturated carbocycles. The number of benzene rings is 2. The summed E-state index contributed by atoms with van der Waals surface area (Å²) in [6.07, 6.45) is 6.36. The number of carbonyl (C=O) groups is 1. The molecule has 166 valence electrons. The van der Waals surface area contributed by atoms with Gasteiger partial charge in [0, 0.05) is 12.0 Å². The first-order valence-electron chi connectivity index (χ1n) is 11.2. The zero-order chi connectivity index (χ0) is 22.0. The number of rotatable bonds is 5. The molecule has 1 unspecified atom stereocenters. The van der Waals surface area contributed by atoms with E-state index < -0.39 is 0 Å². The van der Waals surface area contributed by atoms with E-state index in [1.54, 1.807) is 18.2 Å². The molecule has 2 aliphatic rings. The highest BCUT2D eigenvalue weighted by Gasteiger charge is 2.42. The number of hydrogen-bond acceptors (Lipinski definition) is 5. The number of hydrogen-bond donors (Lipinski definition) is 2. The average molecular weight is 434 g/mol. The van der Waals surface area contributed by atoms with Gasteiger partial charge in [0.05, 0.1) is 16.9 Å². The van der Waals surface area contributed by atoms with Crippen LogP contribution in [0.4, 0.5) is 0 Å². The summed E-state index contributed by atoms with van der Waals surface area (Å²) in [5, 5.41) is 3.67. The predicted molar refractivity (Wildman–Crippen MR) is 120 cm³/mol. The number of ether oxygens (including phenoxy) is 2. The lowest BCUT2D eigenvalue weighted by Gasteiger charge is -2.44. The summed E-state index contributed by atoms with van der Waals surface area (Å²) < 4.78 is 12.0. The van der Waals surface area contributed by atoms with Crippen LogP contribution in [-0.2, 0) is 16.1 Å². The molecule has 0 saturated heterocycles. The van der Waals surface area contributed by atoms with Gasteiger partial charge in [0.15, 0.2) is 0 Å². The van der Waals surface area contributed by atoms with Crippen LogP contribution in [0.25, 0.3) is 10.9 Å². The molecule has 1 aliphatic carbocycles. The Hall–Kier alpha value is -3.19. The first kappa shape index (κ1) is 20.7. The quantitative estimate of drug-likeness (QED) is 0.639. The summed E-state index contributed by atoms with van der Waals surface area (Å²) in [7, 11) is 0. The highest BCUT2D eigenvalue weighted by molar-refractivity contribution is 5.78. The fraction of sp³-hybridized carbons (Fsp3) is 0.400. The van der Waals surface area contributed by atoms with Gasteiger partial charge in [-0.1, -0.05) is 36.8 Å². The molecular weight excluding hydrogens is 406 g/mol. The molecule has 7 nitrogen and oxygen atoms in total. The summed E-state index contributed by atoms with van der Waals surface area (Å²) in [4.78, 5) is 32.0. The van der Waals surface area contributed by atoms with Gasteiger partial charge >= 0.3 is 0 Å². The number of aromatic nitrogens is 2. The number of aromatic amines is 1. The first-order chi connectivity index (χ1) is 15.6. The standard InChI is InChI=1S/C25H27N3O4/c29-23(16-31-15-22-26-19-10-4-2-9-18(19)24(30)28-22)27-20-14-25(12-6-1-7-13-25)32-21-11-5-3-8-17(20)21/h2-5,8-11,20H,1,6-7,12-16H2,(H,27,29)(H,26,28,30). The fourth-order valence-corrected chi connectivity index (χ4v) is 4.93. The van der Waals surface area contributed by atoms with Crippen molar-refractivity contribution in [3.8, 4) is 5.75 Å². The maximum Gasteiger partial charge on any atom is 0.258 e. The van der Waals surface area contributed by atoms with Crippen molar-refractivity contribution in [2.45, 2.75) is 56.8 Å². The monoisotopic (exact) mass is 433 g/mol. The number of carbonyl (C=O) groups excluding carboxylic acids is 1. The average Bonchev–Trinajstić information content (AvgIpc) is 2.79. The van der Waals surface area contributed by atoms with E-state index in [0.717, 1.165) is 43.4 Å². The van der Waals surface area contributed by atoms with E-state index in [1.807, 2.05) is 30.3 Å². The van der Waals surface area contributed by atoms with Gasteiger partial charge in [-0.05, 0) is 43.9 Å². The SMILES string of the molecule is O=C(COCc1nc2ccccc2c(=O)[nH]1)NC1CC2(CCCCC2)Oc2ccccc21. The van der Waals surface area contributed by atoms with Crippen molar-refractivity contribution in [1.29, 1.82) is 0 Å². The van der Waals surface area contributed by atoms with Crippen molar-refractivity contribution in [1.82, 2.24) is 15.3 Å². The minimum atomic E-state index is -0.213. The molecule has 1 aliphatic heterocycles. The van der Waals surface area contributed by atoms with Crippen LogP contribution in [0.1, 0.15) is 56.0 Å². The summed E-state index contributed by atoms with van der Waals surface area (Å²) in [5.74, 6) is 1.07. The van der Waals surface area contributed by atoms with Gasteiger partial charge in [-0.15, -0.1) is 0 Å². The Morgan fingerprint density at radius 1 is 1.12 bits per heavy atom. The van der Waals surface area contributed by atoms with Crippen molar-refractivity contribution < 1.29 is 14.3 Å². The lowest BCUT2D eigenvalue weighted by molar-refractivity contribution is -0.127. The van der Waals surface area contributed by atoms with E-state index in [2.05, 4.69) is 15.3 Å². The number of nitrogens with one attached hydrogen (secondary N) is 2. The third kappa shape index (κ3) is 4.25. The summed E-state index contributed by atoms with van der Waals surface area (Å²) in [6, 6.07) is 15.0. The Kier molecular flexibility index (Phi) is 5.66. The summed E-state index contributed by atoms with van der Waals surface area (Å²) in [5.41, 5.74) is 1.21. The van der Waals surface area contributed by atoms with Crippen molar-refractivity contribution in [2.24, 2.45) is 0 Å². The molecule has 2 heterocycles. The number of amides is 1. The van der Waals surface area contributed by atoms with Crippen LogP contribution in [0, 0.1) is 0 Å². The lowest BCUT2D eigenvalue weighted by atomic mass is 9.77. The van der Waals surface area contributed by atoms with E-state index in [9.17, 15) is 9.59 Å². The molecule has 1 atom stereocenters. The molecule has 0 radical (unpaired) electrons. The Balaban J connectivity index is 1.23. The van der Waals surface area contributed by atoms with Crippen molar-refractivity contribution in [3.63, 3.8) is 0 Å². The second-order valence-corrected chi connectivity index (χ2v) is 8.73. The molecule has 1 amide bonds. The second-order valence-electron chi connectivity index (χ2n) is 8.73. The van der Waals surface area contributed by atoms with Gasteiger partial charge < -0.3 is 19.8 Å². The zero-order valence-corrected chi connectivity index (χ0v) is 17.9. The van der Waals surface area contributed by atoms with Crippen LogP contribution in [-0.4, -0.2) is 28.1 Å². The molecule has 32 heavy (non-hydrogen) atoms. The predicted octanol–water partition coefficient (Wildman–Crippen LogP) is 3.78. The third-order valence-corrected chi connectivity index (χ3v) is 6.43. The van der Waals surface area contributed by atoms with Crippen LogP contribution in [0.15, 0.2) is 53.3 Å². The summed E-state index contributed by atoms with van der Waals surface area (Å²) >= 11 is 0. The van der Waals surface area contributed by atoms with Gasteiger partial charge in [0.1, 0.15) is 30.4 Å². The highest BCUT2D eigenvalue weighted by atomic mass is 16.5. The largest absolute Gasteiger partial charge is 0.487 e. The molecular formula is C25H27N3O4. The van der Waals surface area contributed by atoms with Crippen LogP contribution in [0.5, 0.6) is 5.75 Å².